The Morgan fingerprint density at radius 2 is 2.00 bits per heavy atom. The van der Waals surface area contributed by atoms with Crippen LogP contribution in [0.3, 0.4) is 0 Å². The van der Waals surface area contributed by atoms with Crippen LogP contribution in [0.5, 0.6) is 0 Å². The molecule has 2 aromatic rings. The first-order valence-electron chi connectivity index (χ1n) is 10.2. The largest absolute Gasteiger partial charge is 0.290 e. The molecule has 2 aliphatic rings. The fraction of sp³-hybridized carbons (Fsp3) is 0.500. The number of amides is 2. The van der Waals surface area contributed by atoms with Gasteiger partial charge in [0.25, 0.3) is 11.5 Å². The van der Waals surface area contributed by atoms with Gasteiger partial charge in [-0.3, -0.25) is 36.1 Å². The fourth-order valence-corrected chi connectivity index (χ4v) is 4.37. The Bertz CT molecular complexity index is 988. The molecule has 1 aliphatic heterocycles. The van der Waals surface area contributed by atoms with Gasteiger partial charge in [0.1, 0.15) is 0 Å². The van der Waals surface area contributed by atoms with Crippen molar-refractivity contribution in [1.29, 1.82) is 0 Å². The molecule has 0 bridgehead atoms. The number of benzene rings is 1. The van der Waals surface area contributed by atoms with Crippen molar-refractivity contribution in [3.05, 3.63) is 40.3 Å². The van der Waals surface area contributed by atoms with Gasteiger partial charge in [-0.1, -0.05) is 31.5 Å². The highest BCUT2D eigenvalue weighted by Crippen LogP contribution is 2.31. The lowest BCUT2D eigenvalue weighted by Gasteiger charge is -2.31. The van der Waals surface area contributed by atoms with E-state index in [1.54, 1.807) is 24.3 Å². The molecule has 2 amide bonds. The molecular weight excluding hydrogens is 372 g/mol. The highest BCUT2D eigenvalue weighted by Gasteiger charge is 2.40. The molecule has 2 fully saturated rings. The lowest BCUT2D eigenvalue weighted by atomic mass is 9.78. The molecule has 4 rings (SSSR count). The minimum Gasteiger partial charge on any atom is -0.273 e. The Morgan fingerprint density at radius 1 is 1.21 bits per heavy atom. The molecule has 1 saturated carbocycles. The summed E-state index contributed by atoms with van der Waals surface area (Å²) in [6.45, 7) is 3.21. The molecule has 29 heavy (non-hydrogen) atoms. The SMILES string of the molecule is CCCn1nc(C(=O)NNC(=O)C2CCCC3CNNC32)c2ccccc2c1=O. The summed E-state index contributed by atoms with van der Waals surface area (Å²) in [6, 6.07) is 6.96. The van der Waals surface area contributed by atoms with Gasteiger partial charge in [0.05, 0.1) is 11.3 Å². The van der Waals surface area contributed by atoms with E-state index in [0.29, 0.717) is 29.7 Å². The van der Waals surface area contributed by atoms with Gasteiger partial charge in [0, 0.05) is 24.5 Å². The van der Waals surface area contributed by atoms with Crippen molar-refractivity contribution >= 4 is 22.6 Å². The lowest BCUT2D eigenvalue weighted by molar-refractivity contribution is -0.128. The maximum atomic E-state index is 12.8. The number of rotatable bonds is 4. The minimum atomic E-state index is -0.538. The molecule has 154 valence electrons. The van der Waals surface area contributed by atoms with Gasteiger partial charge in [-0.15, -0.1) is 0 Å². The zero-order valence-corrected chi connectivity index (χ0v) is 16.4. The van der Waals surface area contributed by atoms with E-state index in [-0.39, 0.29) is 29.1 Å². The highest BCUT2D eigenvalue weighted by molar-refractivity contribution is 6.05. The monoisotopic (exact) mass is 398 g/mol. The number of aryl methyl sites for hydroxylation is 1. The third kappa shape index (κ3) is 3.75. The van der Waals surface area contributed by atoms with Crippen LogP contribution in [0.25, 0.3) is 10.8 Å². The number of aromatic nitrogens is 2. The Balaban J connectivity index is 1.52. The van der Waals surface area contributed by atoms with Gasteiger partial charge in [0.15, 0.2) is 5.69 Å². The minimum absolute atomic E-state index is 0.0751. The molecule has 0 spiro atoms. The Labute approximate surface area is 168 Å². The standard InChI is InChI=1S/C20H26N6O3/c1-2-10-26-20(29)14-8-4-3-7-13(14)17(25-26)19(28)24-23-18(27)15-9-5-6-12-11-21-22-16(12)15/h3-4,7-8,12,15-16,21-22H,2,5-6,9-11H2,1H3,(H,23,27)(H,24,28). The van der Waals surface area contributed by atoms with E-state index in [0.717, 1.165) is 25.8 Å². The molecule has 3 unspecified atom stereocenters. The Morgan fingerprint density at radius 3 is 2.79 bits per heavy atom. The average molecular weight is 398 g/mol. The number of carbonyl (C=O) groups excluding carboxylic acids is 2. The van der Waals surface area contributed by atoms with Gasteiger partial charge < -0.3 is 0 Å². The first-order chi connectivity index (χ1) is 14.1. The topological polar surface area (TPSA) is 117 Å². The van der Waals surface area contributed by atoms with E-state index >= 15 is 0 Å². The van der Waals surface area contributed by atoms with Crippen LogP contribution in [0.15, 0.2) is 29.1 Å². The van der Waals surface area contributed by atoms with Crippen molar-refractivity contribution in [2.24, 2.45) is 11.8 Å². The second-order valence-electron chi connectivity index (χ2n) is 7.71. The van der Waals surface area contributed by atoms with Crippen LogP contribution in [0.1, 0.15) is 43.1 Å². The molecular formula is C20H26N6O3. The van der Waals surface area contributed by atoms with Crippen LogP contribution in [-0.2, 0) is 11.3 Å². The third-order valence-corrected chi connectivity index (χ3v) is 5.82. The van der Waals surface area contributed by atoms with Crippen LogP contribution in [0.4, 0.5) is 0 Å². The third-order valence-electron chi connectivity index (χ3n) is 5.82. The Hall–Kier alpha value is -2.78. The van der Waals surface area contributed by atoms with Crippen molar-refractivity contribution in [3.63, 3.8) is 0 Å². The number of nitrogens with one attached hydrogen (secondary N) is 4. The van der Waals surface area contributed by atoms with Crippen LogP contribution >= 0.6 is 0 Å². The second kappa shape index (κ2) is 8.30. The molecule has 0 radical (unpaired) electrons. The quantitative estimate of drug-likeness (QED) is 0.556. The zero-order chi connectivity index (χ0) is 20.4. The van der Waals surface area contributed by atoms with Crippen molar-refractivity contribution in [2.75, 3.05) is 6.54 Å². The van der Waals surface area contributed by atoms with Gasteiger partial charge in [-0.2, -0.15) is 5.10 Å². The summed E-state index contributed by atoms with van der Waals surface area (Å²) in [6.07, 6.45) is 3.58. The van der Waals surface area contributed by atoms with Crippen LogP contribution in [0.2, 0.25) is 0 Å². The summed E-state index contributed by atoms with van der Waals surface area (Å²) in [4.78, 5) is 38.1. The van der Waals surface area contributed by atoms with Gasteiger partial charge >= 0.3 is 0 Å². The maximum absolute atomic E-state index is 12.8. The van der Waals surface area contributed by atoms with E-state index in [2.05, 4.69) is 26.8 Å². The molecule has 4 N–H and O–H groups in total. The number of fused-ring (bicyclic) bond motifs is 2. The van der Waals surface area contributed by atoms with Crippen molar-refractivity contribution in [3.8, 4) is 0 Å². The summed E-state index contributed by atoms with van der Waals surface area (Å²) in [5, 5.41) is 5.15. The van der Waals surface area contributed by atoms with Gasteiger partial charge in [-0.05, 0) is 31.2 Å². The number of nitrogens with zero attached hydrogens (tertiary/aromatic N) is 2. The Kier molecular flexibility index (Phi) is 5.59. The smallest absolute Gasteiger partial charge is 0.273 e. The van der Waals surface area contributed by atoms with Gasteiger partial charge in [0.2, 0.25) is 5.91 Å². The molecule has 1 aromatic heterocycles. The maximum Gasteiger partial charge on any atom is 0.290 e. The van der Waals surface area contributed by atoms with E-state index in [1.165, 1.54) is 4.68 Å². The average Bonchev–Trinajstić information content (AvgIpc) is 3.23. The predicted molar refractivity (Wildman–Crippen MR) is 108 cm³/mol. The first-order valence-corrected chi connectivity index (χ1v) is 10.2. The van der Waals surface area contributed by atoms with Crippen LogP contribution < -0.4 is 27.3 Å². The van der Waals surface area contributed by atoms with E-state index in [1.807, 2.05) is 6.92 Å². The predicted octanol–water partition coefficient (Wildman–Crippen LogP) is 0.460. The molecule has 2 heterocycles. The van der Waals surface area contributed by atoms with E-state index < -0.39 is 5.91 Å². The summed E-state index contributed by atoms with van der Waals surface area (Å²) in [5.41, 5.74) is 11.3. The van der Waals surface area contributed by atoms with E-state index in [9.17, 15) is 14.4 Å². The molecule has 1 aromatic carbocycles. The molecule has 9 heteroatoms. The normalized spacial score (nSPS) is 23.6. The van der Waals surface area contributed by atoms with Crippen molar-refractivity contribution < 1.29 is 9.59 Å². The van der Waals surface area contributed by atoms with Gasteiger partial charge in [-0.25, -0.2) is 4.68 Å². The number of hydrazine groups is 2. The first kappa shape index (κ1) is 19.5. The highest BCUT2D eigenvalue weighted by atomic mass is 16.2. The van der Waals surface area contributed by atoms with Crippen molar-refractivity contribution in [1.82, 2.24) is 31.5 Å². The second-order valence-corrected chi connectivity index (χ2v) is 7.71. The number of carbonyl (C=O) groups is 2. The summed E-state index contributed by atoms with van der Waals surface area (Å²) in [5.74, 6) is -0.527. The van der Waals surface area contributed by atoms with Crippen molar-refractivity contribution in [2.45, 2.75) is 45.2 Å². The summed E-state index contributed by atoms with van der Waals surface area (Å²) < 4.78 is 1.30. The lowest BCUT2D eigenvalue weighted by Crippen LogP contribution is -2.52. The summed E-state index contributed by atoms with van der Waals surface area (Å²) >= 11 is 0. The molecule has 3 atom stereocenters. The van der Waals surface area contributed by atoms with Crippen LogP contribution in [-0.4, -0.2) is 34.2 Å². The summed E-state index contributed by atoms with van der Waals surface area (Å²) in [7, 11) is 0. The number of hydrogen-bond acceptors (Lipinski definition) is 6. The van der Waals surface area contributed by atoms with Crippen LogP contribution in [0, 0.1) is 11.8 Å². The molecule has 9 nitrogen and oxygen atoms in total. The molecule has 1 saturated heterocycles. The zero-order valence-electron chi connectivity index (χ0n) is 16.4. The molecule has 1 aliphatic carbocycles. The number of hydrogen-bond donors (Lipinski definition) is 4. The fourth-order valence-electron chi connectivity index (χ4n) is 4.37. The van der Waals surface area contributed by atoms with E-state index in [4.69, 9.17) is 0 Å².